The molecule has 4 rings (SSSR count). The Hall–Kier alpha value is -0.830. The van der Waals surface area contributed by atoms with Gasteiger partial charge in [-0.05, 0) is 18.4 Å². The van der Waals surface area contributed by atoms with Crippen molar-refractivity contribution in [2.24, 2.45) is 17.8 Å². The zero-order chi connectivity index (χ0) is 17.7. The van der Waals surface area contributed by atoms with E-state index in [0.29, 0.717) is 5.57 Å². The first-order valence-corrected chi connectivity index (χ1v) is 8.43. The van der Waals surface area contributed by atoms with Crippen molar-refractivity contribution in [1.29, 1.82) is 0 Å². The van der Waals surface area contributed by atoms with E-state index in [4.69, 9.17) is 4.74 Å². The lowest BCUT2D eigenvalue weighted by Gasteiger charge is -2.56. The fourth-order valence-corrected chi connectivity index (χ4v) is 5.75. The van der Waals surface area contributed by atoms with Gasteiger partial charge in [-0.1, -0.05) is 13.0 Å². The van der Waals surface area contributed by atoms with Gasteiger partial charge in [0.25, 0.3) is 0 Å². The number of ketones is 1. The van der Waals surface area contributed by atoms with Crippen molar-refractivity contribution in [3.63, 3.8) is 0 Å². The van der Waals surface area contributed by atoms with Crippen LogP contribution in [0.1, 0.15) is 26.7 Å². The van der Waals surface area contributed by atoms with E-state index in [1.165, 1.54) is 0 Å². The highest BCUT2D eigenvalue weighted by atomic mass is 16.6. The Morgan fingerprint density at radius 3 is 2.58 bits per heavy atom. The second kappa shape index (κ2) is 4.66. The molecule has 0 aromatic heterocycles. The summed E-state index contributed by atoms with van der Waals surface area (Å²) in [5, 5.41) is 53.8. The molecule has 24 heavy (non-hydrogen) atoms. The molecule has 2 heterocycles. The fourth-order valence-electron chi connectivity index (χ4n) is 5.75. The number of Topliss-reactive ketones (excluding diaryl/α,β-unsaturated/α-hetero) is 1. The molecule has 0 amide bonds. The van der Waals surface area contributed by atoms with Crippen LogP contribution in [0, 0.1) is 17.8 Å². The van der Waals surface area contributed by atoms with Crippen LogP contribution < -0.4 is 0 Å². The number of carbonyl (C=O) groups excluding carboxylic acids is 1. The molecule has 0 unspecified atom stereocenters. The number of hydrogen-bond donors (Lipinski definition) is 5. The van der Waals surface area contributed by atoms with Crippen LogP contribution >= 0.6 is 0 Å². The van der Waals surface area contributed by atoms with Crippen LogP contribution in [0.5, 0.6) is 0 Å². The van der Waals surface area contributed by atoms with Crippen molar-refractivity contribution in [1.82, 2.24) is 0 Å². The van der Waals surface area contributed by atoms with Gasteiger partial charge in [-0.3, -0.25) is 4.79 Å². The molecule has 5 N–H and O–H groups in total. The molecule has 2 bridgehead atoms. The van der Waals surface area contributed by atoms with Crippen LogP contribution in [0.4, 0.5) is 0 Å². The SMILES string of the molecule is CC1=C[C@H]2[C@@]3(O)[C@H](C)CC(=O)C[C@@H]3[C@H]3O[C@@]2([C@H](O)[C@]3(O)CO)[C@H]1O. The number of aliphatic hydroxyl groups excluding tert-OH is 3. The zero-order valence-corrected chi connectivity index (χ0v) is 13.7. The van der Waals surface area contributed by atoms with Gasteiger partial charge < -0.3 is 30.3 Å². The second-order valence-corrected chi connectivity index (χ2v) is 8.08. The van der Waals surface area contributed by atoms with Crippen molar-refractivity contribution >= 4 is 5.78 Å². The monoisotopic (exact) mass is 340 g/mol. The van der Waals surface area contributed by atoms with E-state index in [9.17, 15) is 30.3 Å². The normalized spacial score (nSPS) is 59.1. The maximum Gasteiger partial charge on any atom is 0.143 e. The first kappa shape index (κ1) is 16.6. The molecule has 4 aliphatic rings. The van der Waals surface area contributed by atoms with E-state index < -0.39 is 59.5 Å². The molecule has 2 aliphatic carbocycles. The minimum atomic E-state index is -2.04. The first-order chi connectivity index (χ1) is 11.1. The van der Waals surface area contributed by atoms with Crippen molar-refractivity contribution in [3.05, 3.63) is 11.6 Å². The van der Waals surface area contributed by atoms with Crippen LogP contribution in [0.15, 0.2) is 11.6 Å². The van der Waals surface area contributed by atoms with E-state index in [0.717, 1.165) is 0 Å². The van der Waals surface area contributed by atoms with Gasteiger partial charge in [-0.25, -0.2) is 0 Å². The largest absolute Gasteiger partial charge is 0.393 e. The molecule has 1 spiro atoms. The minimum absolute atomic E-state index is 0.0100. The Morgan fingerprint density at radius 1 is 1.29 bits per heavy atom. The molecular weight excluding hydrogens is 316 g/mol. The summed E-state index contributed by atoms with van der Waals surface area (Å²) in [5.74, 6) is -1.98. The molecule has 1 saturated carbocycles. The van der Waals surface area contributed by atoms with E-state index >= 15 is 0 Å². The number of fused-ring (bicyclic) bond motifs is 4. The van der Waals surface area contributed by atoms with Gasteiger partial charge in [-0.2, -0.15) is 0 Å². The number of aliphatic hydroxyl groups is 5. The number of rotatable bonds is 1. The fraction of sp³-hybridized carbons (Fsp3) is 0.824. The van der Waals surface area contributed by atoms with Crippen molar-refractivity contribution in [3.8, 4) is 0 Å². The predicted molar refractivity (Wildman–Crippen MR) is 80.7 cm³/mol. The molecule has 2 saturated heterocycles. The highest BCUT2D eigenvalue weighted by Gasteiger charge is 2.80. The van der Waals surface area contributed by atoms with Crippen LogP contribution in [-0.2, 0) is 9.53 Å². The molecule has 134 valence electrons. The van der Waals surface area contributed by atoms with Gasteiger partial charge in [0.2, 0.25) is 0 Å². The summed E-state index contributed by atoms with van der Waals surface area (Å²) in [7, 11) is 0. The van der Waals surface area contributed by atoms with E-state index in [1.54, 1.807) is 19.9 Å². The quantitative estimate of drug-likeness (QED) is 0.368. The van der Waals surface area contributed by atoms with Crippen LogP contribution in [0.3, 0.4) is 0 Å². The average Bonchev–Trinajstić information content (AvgIpc) is 2.91. The maximum atomic E-state index is 12.1. The topological polar surface area (TPSA) is 127 Å². The standard InChI is InChI=1S/C17H24O7/c1-7-3-11-16(23)8(2)4-9(19)5-10(16)13-15(22,6-18)14(21)17(11,24-13)12(7)20/h3,8,10-14,18,20-23H,4-6H2,1-2H3/t8-,10-,11+,12+,13-,14-,15+,16-,17-/m1/s1. The zero-order valence-electron chi connectivity index (χ0n) is 13.7. The van der Waals surface area contributed by atoms with Crippen LogP contribution in [0.25, 0.3) is 0 Å². The highest BCUT2D eigenvalue weighted by Crippen LogP contribution is 2.64. The third-order valence-corrected chi connectivity index (χ3v) is 6.98. The Kier molecular flexibility index (Phi) is 3.23. The van der Waals surface area contributed by atoms with Gasteiger partial charge in [0.05, 0.1) is 18.3 Å². The van der Waals surface area contributed by atoms with Gasteiger partial charge >= 0.3 is 0 Å². The Bertz CT molecular complexity index is 632. The lowest BCUT2D eigenvalue weighted by molar-refractivity contribution is -0.279. The Labute approximate surface area is 139 Å². The summed E-state index contributed by atoms with van der Waals surface area (Å²) in [6, 6.07) is 0. The highest BCUT2D eigenvalue weighted by molar-refractivity contribution is 5.80. The average molecular weight is 340 g/mol. The summed E-state index contributed by atoms with van der Waals surface area (Å²) in [6.45, 7) is 2.66. The predicted octanol–water partition coefficient (Wildman–Crippen LogP) is -1.49. The third-order valence-electron chi connectivity index (χ3n) is 6.98. The summed E-state index contributed by atoms with van der Waals surface area (Å²) in [6.07, 6.45) is -2.01. The summed E-state index contributed by atoms with van der Waals surface area (Å²) >= 11 is 0. The lowest BCUT2D eigenvalue weighted by atomic mass is 9.57. The maximum absolute atomic E-state index is 12.1. The molecule has 0 aromatic rings. The lowest BCUT2D eigenvalue weighted by Crippen LogP contribution is -2.69. The summed E-state index contributed by atoms with van der Waals surface area (Å²) in [4.78, 5) is 12.1. The van der Waals surface area contributed by atoms with Gasteiger partial charge in [0.1, 0.15) is 29.2 Å². The molecule has 0 radical (unpaired) electrons. The summed E-state index contributed by atoms with van der Waals surface area (Å²) in [5.41, 5.74) is -4.51. The number of carbonyl (C=O) groups is 1. The van der Waals surface area contributed by atoms with Crippen molar-refractivity contribution < 1.29 is 35.1 Å². The molecule has 7 heteroatoms. The first-order valence-electron chi connectivity index (χ1n) is 8.43. The molecule has 7 nitrogen and oxygen atoms in total. The smallest absolute Gasteiger partial charge is 0.143 e. The third kappa shape index (κ3) is 1.52. The molecule has 2 aliphatic heterocycles. The molecule has 9 atom stereocenters. The second-order valence-electron chi connectivity index (χ2n) is 8.08. The van der Waals surface area contributed by atoms with Crippen molar-refractivity contribution in [2.45, 2.75) is 61.8 Å². The van der Waals surface area contributed by atoms with E-state index in [1.807, 2.05) is 0 Å². The van der Waals surface area contributed by atoms with Gasteiger partial charge in [0.15, 0.2) is 0 Å². The van der Waals surface area contributed by atoms with Crippen LogP contribution in [-0.4, -0.2) is 73.0 Å². The molecule has 3 fully saturated rings. The van der Waals surface area contributed by atoms with E-state index in [-0.39, 0.29) is 18.6 Å². The summed E-state index contributed by atoms with van der Waals surface area (Å²) < 4.78 is 5.97. The molecular formula is C17H24O7. The Morgan fingerprint density at radius 2 is 1.96 bits per heavy atom. The number of ether oxygens (including phenoxy) is 1. The Balaban J connectivity index is 1.96. The van der Waals surface area contributed by atoms with E-state index in [2.05, 4.69) is 0 Å². The number of hydrogen-bond acceptors (Lipinski definition) is 7. The van der Waals surface area contributed by atoms with Crippen LogP contribution in [0.2, 0.25) is 0 Å². The van der Waals surface area contributed by atoms with Crippen molar-refractivity contribution in [2.75, 3.05) is 6.61 Å². The van der Waals surface area contributed by atoms with Gasteiger partial charge in [-0.15, -0.1) is 0 Å². The van der Waals surface area contributed by atoms with Gasteiger partial charge in [0, 0.05) is 24.7 Å². The molecule has 0 aromatic carbocycles. The minimum Gasteiger partial charge on any atom is -0.393 e.